The van der Waals surface area contributed by atoms with E-state index in [4.69, 9.17) is 0 Å². The zero-order chi connectivity index (χ0) is 30.5. The number of hydrogen-bond acceptors (Lipinski definition) is 0. The second-order valence-electron chi connectivity index (χ2n) is 12.0. The first kappa shape index (κ1) is 26.4. The predicted molar refractivity (Wildman–Crippen MR) is 196 cm³/mol. The van der Waals surface area contributed by atoms with Gasteiger partial charge in [0.25, 0.3) is 0 Å². The van der Waals surface area contributed by atoms with Gasteiger partial charge < -0.3 is 0 Å². The molecule has 1 aliphatic carbocycles. The molecule has 0 heterocycles. The van der Waals surface area contributed by atoms with Gasteiger partial charge in [-0.05, 0) is 94.7 Å². The number of benzene rings is 8. The molecular formula is C46H30. The SMILES string of the molecule is c1ccc(-c2ccc(-c3cc(-c4ccccc4)c4c(c3-c3ccccc3)-c3cccc5c(-c6ccccc6)ccc-4c35)cc2)cc1. The van der Waals surface area contributed by atoms with Gasteiger partial charge in [0.15, 0.2) is 0 Å². The van der Waals surface area contributed by atoms with E-state index >= 15 is 0 Å². The average Bonchev–Trinajstić information content (AvgIpc) is 3.48. The summed E-state index contributed by atoms with van der Waals surface area (Å²) in [6.07, 6.45) is 0. The summed E-state index contributed by atoms with van der Waals surface area (Å²) in [6, 6.07) is 66.3. The second-order valence-corrected chi connectivity index (χ2v) is 12.0. The van der Waals surface area contributed by atoms with Gasteiger partial charge in [0.2, 0.25) is 0 Å². The van der Waals surface area contributed by atoms with Crippen molar-refractivity contribution in [1.82, 2.24) is 0 Å². The maximum absolute atomic E-state index is 2.44. The van der Waals surface area contributed by atoms with E-state index in [9.17, 15) is 0 Å². The molecule has 0 amide bonds. The van der Waals surface area contributed by atoms with Crippen LogP contribution in [0.5, 0.6) is 0 Å². The Morgan fingerprint density at radius 1 is 0.217 bits per heavy atom. The first-order chi connectivity index (χ1) is 22.8. The van der Waals surface area contributed by atoms with Gasteiger partial charge in [-0.1, -0.05) is 176 Å². The molecule has 8 aromatic carbocycles. The van der Waals surface area contributed by atoms with Crippen molar-refractivity contribution < 1.29 is 0 Å². The van der Waals surface area contributed by atoms with Crippen LogP contribution in [0.15, 0.2) is 182 Å². The molecule has 46 heavy (non-hydrogen) atoms. The van der Waals surface area contributed by atoms with E-state index in [1.54, 1.807) is 0 Å². The Bertz CT molecular complexity index is 2350. The summed E-state index contributed by atoms with van der Waals surface area (Å²) >= 11 is 0. The Hall–Kier alpha value is -5.98. The molecule has 0 N–H and O–H groups in total. The van der Waals surface area contributed by atoms with Crippen LogP contribution in [-0.4, -0.2) is 0 Å². The summed E-state index contributed by atoms with van der Waals surface area (Å²) in [4.78, 5) is 0. The molecule has 0 aliphatic heterocycles. The third-order valence-corrected chi connectivity index (χ3v) is 9.44. The lowest BCUT2D eigenvalue weighted by molar-refractivity contribution is 1.56. The normalized spacial score (nSPS) is 11.5. The molecule has 0 heteroatoms. The molecule has 0 atom stereocenters. The van der Waals surface area contributed by atoms with Crippen LogP contribution in [0.4, 0.5) is 0 Å². The summed E-state index contributed by atoms with van der Waals surface area (Å²) in [7, 11) is 0. The van der Waals surface area contributed by atoms with Gasteiger partial charge in [-0.3, -0.25) is 0 Å². The largest absolute Gasteiger partial charge is 0.0622 e. The molecule has 0 saturated carbocycles. The second kappa shape index (κ2) is 10.9. The van der Waals surface area contributed by atoms with Crippen molar-refractivity contribution in [1.29, 1.82) is 0 Å². The Kier molecular flexibility index (Phi) is 6.25. The predicted octanol–water partition coefficient (Wildman–Crippen LogP) is 12.8. The maximum atomic E-state index is 2.44. The average molecular weight is 583 g/mol. The van der Waals surface area contributed by atoms with Crippen LogP contribution in [-0.2, 0) is 0 Å². The van der Waals surface area contributed by atoms with Crippen molar-refractivity contribution in [3.63, 3.8) is 0 Å². The van der Waals surface area contributed by atoms with Crippen molar-refractivity contribution in [2.24, 2.45) is 0 Å². The molecule has 0 unspecified atom stereocenters. The minimum absolute atomic E-state index is 1.21. The zero-order valence-corrected chi connectivity index (χ0v) is 25.3. The quantitative estimate of drug-likeness (QED) is 0.189. The smallest absolute Gasteiger partial charge is 0.000763 e. The van der Waals surface area contributed by atoms with Crippen molar-refractivity contribution in [2.75, 3.05) is 0 Å². The lowest BCUT2D eigenvalue weighted by Gasteiger charge is -2.21. The van der Waals surface area contributed by atoms with Gasteiger partial charge in [-0.25, -0.2) is 0 Å². The summed E-state index contributed by atoms with van der Waals surface area (Å²) in [6.45, 7) is 0. The van der Waals surface area contributed by atoms with E-state index in [-0.39, 0.29) is 0 Å². The van der Waals surface area contributed by atoms with Gasteiger partial charge in [0.1, 0.15) is 0 Å². The zero-order valence-electron chi connectivity index (χ0n) is 25.3. The standard InChI is InChI=1S/C46H30/c1-5-14-31(15-6-1)32-24-26-35(27-25-32)41-30-42(34-18-9-3-10-19-34)45-40-29-28-37(33-16-7-2-8-17-33)38-22-13-23-39(44(38)40)46(45)43(41)36-20-11-4-12-21-36/h1-30H. The third-order valence-electron chi connectivity index (χ3n) is 9.44. The highest BCUT2D eigenvalue weighted by molar-refractivity contribution is 6.24. The Morgan fingerprint density at radius 2 is 0.652 bits per heavy atom. The number of fused-ring (bicyclic) bond motifs is 3. The van der Waals surface area contributed by atoms with E-state index in [1.165, 1.54) is 88.7 Å². The van der Waals surface area contributed by atoms with Gasteiger partial charge in [0, 0.05) is 0 Å². The molecule has 0 radical (unpaired) electrons. The highest BCUT2D eigenvalue weighted by Gasteiger charge is 2.30. The summed E-state index contributed by atoms with van der Waals surface area (Å²) in [5.74, 6) is 0. The van der Waals surface area contributed by atoms with E-state index in [0.717, 1.165) is 0 Å². The van der Waals surface area contributed by atoms with Crippen LogP contribution in [0.25, 0.3) is 88.7 Å². The maximum Gasteiger partial charge on any atom is -0.000763 e. The molecule has 0 nitrogen and oxygen atoms in total. The number of hydrogen-bond donors (Lipinski definition) is 0. The fraction of sp³-hybridized carbons (Fsp3) is 0. The van der Waals surface area contributed by atoms with Gasteiger partial charge in [-0.15, -0.1) is 0 Å². The first-order valence-electron chi connectivity index (χ1n) is 15.9. The van der Waals surface area contributed by atoms with E-state index in [2.05, 4.69) is 182 Å². The molecule has 214 valence electrons. The molecule has 0 spiro atoms. The summed E-state index contributed by atoms with van der Waals surface area (Å²) in [5.41, 5.74) is 17.7. The first-order valence-corrected chi connectivity index (χ1v) is 15.9. The Labute approximate surface area is 269 Å². The summed E-state index contributed by atoms with van der Waals surface area (Å²) in [5, 5.41) is 2.63. The van der Waals surface area contributed by atoms with Crippen molar-refractivity contribution in [3.05, 3.63) is 182 Å². The third kappa shape index (κ3) is 4.23. The lowest BCUT2D eigenvalue weighted by atomic mass is 9.82. The summed E-state index contributed by atoms with van der Waals surface area (Å²) < 4.78 is 0. The van der Waals surface area contributed by atoms with E-state index in [0.29, 0.717) is 0 Å². The minimum atomic E-state index is 1.21. The van der Waals surface area contributed by atoms with Gasteiger partial charge in [-0.2, -0.15) is 0 Å². The van der Waals surface area contributed by atoms with E-state index in [1.807, 2.05) is 0 Å². The highest BCUT2D eigenvalue weighted by Crippen LogP contribution is 2.58. The number of rotatable bonds is 5. The molecule has 0 saturated heterocycles. The Morgan fingerprint density at radius 3 is 1.28 bits per heavy atom. The van der Waals surface area contributed by atoms with Crippen LogP contribution in [0, 0.1) is 0 Å². The van der Waals surface area contributed by atoms with Crippen LogP contribution < -0.4 is 0 Å². The molecular weight excluding hydrogens is 553 g/mol. The molecule has 0 aromatic heterocycles. The van der Waals surface area contributed by atoms with E-state index < -0.39 is 0 Å². The Balaban J connectivity index is 1.38. The monoisotopic (exact) mass is 582 g/mol. The van der Waals surface area contributed by atoms with Crippen LogP contribution >= 0.6 is 0 Å². The molecule has 1 aliphatic rings. The lowest BCUT2D eigenvalue weighted by Crippen LogP contribution is -1.94. The van der Waals surface area contributed by atoms with Crippen molar-refractivity contribution >= 4 is 10.8 Å². The van der Waals surface area contributed by atoms with Gasteiger partial charge in [0.05, 0.1) is 0 Å². The van der Waals surface area contributed by atoms with Crippen LogP contribution in [0.1, 0.15) is 0 Å². The highest BCUT2D eigenvalue weighted by atomic mass is 14.3. The van der Waals surface area contributed by atoms with Gasteiger partial charge >= 0.3 is 0 Å². The topological polar surface area (TPSA) is 0 Å². The fourth-order valence-corrected chi connectivity index (χ4v) is 7.38. The van der Waals surface area contributed by atoms with Crippen LogP contribution in [0.2, 0.25) is 0 Å². The minimum Gasteiger partial charge on any atom is -0.0622 e. The molecule has 0 bridgehead atoms. The van der Waals surface area contributed by atoms with Crippen molar-refractivity contribution in [3.8, 4) is 77.9 Å². The van der Waals surface area contributed by atoms with Crippen LogP contribution in [0.3, 0.4) is 0 Å². The van der Waals surface area contributed by atoms with Crippen molar-refractivity contribution in [2.45, 2.75) is 0 Å². The molecule has 8 aromatic rings. The fourth-order valence-electron chi connectivity index (χ4n) is 7.38. The molecule has 9 rings (SSSR count). The molecule has 0 fully saturated rings.